The van der Waals surface area contributed by atoms with Crippen molar-refractivity contribution in [1.82, 2.24) is 0 Å². The Morgan fingerprint density at radius 3 is 2.80 bits per heavy atom. The summed E-state index contributed by atoms with van der Waals surface area (Å²) in [4.78, 5) is 2.31. The van der Waals surface area contributed by atoms with Crippen LogP contribution in [0.4, 0.5) is 5.69 Å². The summed E-state index contributed by atoms with van der Waals surface area (Å²) in [5, 5.41) is 8.50. The van der Waals surface area contributed by atoms with Crippen molar-refractivity contribution in [1.29, 1.82) is 5.26 Å². The molecule has 1 rings (SSSR count). The molecule has 2 heteroatoms. The highest BCUT2D eigenvalue weighted by atomic mass is 15.1. The van der Waals surface area contributed by atoms with Gasteiger partial charge in [0.15, 0.2) is 0 Å². The van der Waals surface area contributed by atoms with E-state index >= 15 is 0 Å². The van der Waals surface area contributed by atoms with Gasteiger partial charge in [-0.3, -0.25) is 0 Å². The predicted molar refractivity (Wildman–Crippen MR) is 63.9 cm³/mol. The van der Waals surface area contributed by atoms with Gasteiger partial charge in [0.2, 0.25) is 0 Å². The van der Waals surface area contributed by atoms with Crippen molar-refractivity contribution in [3.8, 4) is 6.07 Å². The third-order valence-electron chi connectivity index (χ3n) is 2.47. The molecular formula is C13H18N2. The van der Waals surface area contributed by atoms with Gasteiger partial charge in [-0.15, -0.1) is 0 Å². The van der Waals surface area contributed by atoms with Crippen molar-refractivity contribution >= 4 is 5.69 Å². The first-order chi connectivity index (χ1) is 7.27. The molecule has 0 unspecified atom stereocenters. The molecule has 0 radical (unpaired) electrons. The topological polar surface area (TPSA) is 27.0 Å². The van der Waals surface area contributed by atoms with Crippen LogP contribution >= 0.6 is 0 Å². The van der Waals surface area contributed by atoms with Crippen LogP contribution in [0.5, 0.6) is 0 Å². The molecule has 0 aliphatic carbocycles. The summed E-state index contributed by atoms with van der Waals surface area (Å²) in [6.07, 6.45) is 1.58. The molecule has 0 aliphatic heterocycles. The summed E-state index contributed by atoms with van der Waals surface area (Å²) < 4.78 is 0. The molecule has 0 bridgehead atoms. The largest absolute Gasteiger partial charge is 0.372 e. The van der Waals surface area contributed by atoms with E-state index < -0.39 is 0 Å². The molecule has 1 aromatic carbocycles. The second-order valence-corrected chi connectivity index (χ2v) is 3.68. The fourth-order valence-corrected chi connectivity index (χ4v) is 1.64. The zero-order chi connectivity index (χ0) is 11.1. The van der Waals surface area contributed by atoms with Crippen LogP contribution in [0.1, 0.15) is 25.3 Å². The molecular weight excluding hydrogens is 184 g/mol. The van der Waals surface area contributed by atoms with Crippen LogP contribution in [0.25, 0.3) is 0 Å². The first-order valence-electron chi connectivity index (χ1n) is 5.46. The summed E-state index contributed by atoms with van der Waals surface area (Å²) >= 11 is 0. The van der Waals surface area contributed by atoms with Gasteiger partial charge in [-0.1, -0.05) is 12.1 Å². The molecule has 0 N–H and O–H groups in total. The lowest BCUT2D eigenvalue weighted by molar-refractivity contribution is 0.761. The van der Waals surface area contributed by atoms with Gasteiger partial charge in [-0.2, -0.15) is 5.26 Å². The maximum atomic E-state index is 8.50. The number of nitriles is 1. The molecule has 0 aliphatic rings. The van der Waals surface area contributed by atoms with E-state index in [9.17, 15) is 0 Å². The molecule has 0 fully saturated rings. The number of hydrogen-bond donors (Lipinski definition) is 0. The zero-order valence-electron chi connectivity index (χ0n) is 9.53. The molecule has 15 heavy (non-hydrogen) atoms. The van der Waals surface area contributed by atoms with E-state index in [0.717, 1.165) is 19.5 Å². The lowest BCUT2D eigenvalue weighted by Crippen LogP contribution is -2.23. The van der Waals surface area contributed by atoms with Gasteiger partial charge in [0, 0.05) is 25.2 Å². The van der Waals surface area contributed by atoms with Gasteiger partial charge < -0.3 is 4.90 Å². The van der Waals surface area contributed by atoms with Crippen LogP contribution in [-0.2, 0) is 0 Å². The van der Waals surface area contributed by atoms with Crippen molar-refractivity contribution in [2.24, 2.45) is 0 Å². The van der Waals surface area contributed by atoms with E-state index in [-0.39, 0.29) is 0 Å². The number of hydrogen-bond acceptors (Lipinski definition) is 2. The number of benzene rings is 1. The minimum Gasteiger partial charge on any atom is -0.372 e. The van der Waals surface area contributed by atoms with Crippen molar-refractivity contribution in [3.05, 3.63) is 29.8 Å². The Bertz CT molecular complexity index is 339. The van der Waals surface area contributed by atoms with Crippen LogP contribution in [0.15, 0.2) is 24.3 Å². The van der Waals surface area contributed by atoms with Crippen molar-refractivity contribution in [2.75, 3.05) is 18.0 Å². The molecule has 0 spiro atoms. The smallest absolute Gasteiger partial charge is 0.0622 e. The molecule has 0 amide bonds. The Hall–Kier alpha value is -1.49. The monoisotopic (exact) mass is 202 g/mol. The summed E-state index contributed by atoms with van der Waals surface area (Å²) in [5.74, 6) is 0. The van der Waals surface area contributed by atoms with E-state index in [1.165, 1.54) is 11.3 Å². The molecule has 0 atom stereocenters. The number of anilines is 1. The Kier molecular flexibility index (Phi) is 4.70. The highest BCUT2D eigenvalue weighted by Gasteiger charge is 2.03. The highest BCUT2D eigenvalue weighted by molar-refractivity contribution is 5.48. The van der Waals surface area contributed by atoms with Crippen LogP contribution < -0.4 is 4.90 Å². The van der Waals surface area contributed by atoms with Crippen LogP contribution in [-0.4, -0.2) is 13.1 Å². The maximum absolute atomic E-state index is 8.50. The SMILES string of the molecule is CCN(CCCC#N)c1cccc(C)c1. The second kappa shape index (κ2) is 6.08. The summed E-state index contributed by atoms with van der Waals surface area (Å²) in [6, 6.07) is 10.7. The Morgan fingerprint density at radius 1 is 1.40 bits per heavy atom. The number of rotatable bonds is 5. The molecule has 0 saturated heterocycles. The molecule has 2 nitrogen and oxygen atoms in total. The van der Waals surface area contributed by atoms with Crippen molar-refractivity contribution in [2.45, 2.75) is 26.7 Å². The molecule has 0 saturated carbocycles. The first-order valence-corrected chi connectivity index (χ1v) is 5.46. The van der Waals surface area contributed by atoms with E-state index in [1.54, 1.807) is 0 Å². The predicted octanol–water partition coefficient (Wildman–Crippen LogP) is 3.13. The maximum Gasteiger partial charge on any atom is 0.0622 e. The third-order valence-corrected chi connectivity index (χ3v) is 2.47. The normalized spacial score (nSPS) is 9.67. The van der Waals surface area contributed by atoms with E-state index in [1.807, 2.05) is 0 Å². The zero-order valence-corrected chi connectivity index (χ0v) is 9.53. The van der Waals surface area contributed by atoms with Gasteiger partial charge >= 0.3 is 0 Å². The second-order valence-electron chi connectivity index (χ2n) is 3.68. The van der Waals surface area contributed by atoms with Gasteiger partial charge in [-0.05, 0) is 38.0 Å². The van der Waals surface area contributed by atoms with Gasteiger partial charge in [-0.25, -0.2) is 0 Å². The Morgan fingerprint density at radius 2 is 2.20 bits per heavy atom. The fourth-order valence-electron chi connectivity index (χ4n) is 1.64. The summed E-state index contributed by atoms with van der Waals surface area (Å²) in [7, 11) is 0. The number of nitrogens with zero attached hydrogens (tertiary/aromatic N) is 2. The van der Waals surface area contributed by atoms with Crippen LogP contribution in [0.3, 0.4) is 0 Å². The van der Waals surface area contributed by atoms with Crippen LogP contribution in [0.2, 0.25) is 0 Å². The van der Waals surface area contributed by atoms with Gasteiger partial charge in [0.1, 0.15) is 0 Å². The molecule has 1 aromatic rings. The Labute approximate surface area is 92.1 Å². The Balaban J connectivity index is 2.62. The minimum atomic E-state index is 0.641. The van der Waals surface area contributed by atoms with Gasteiger partial charge in [0.05, 0.1) is 6.07 Å². The van der Waals surface area contributed by atoms with E-state index in [2.05, 4.69) is 49.1 Å². The molecule has 0 heterocycles. The quantitative estimate of drug-likeness (QED) is 0.686. The average Bonchev–Trinajstić information content (AvgIpc) is 2.24. The van der Waals surface area contributed by atoms with Crippen molar-refractivity contribution < 1.29 is 0 Å². The van der Waals surface area contributed by atoms with Crippen molar-refractivity contribution in [3.63, 3.8) is 0 Å². The lowest BCUT2D eigenvalue weighted by atomic mass is 10.2. The van der Waals surface area contributed by atoms with E-state index in [4.69, 9.17) is 5.26 Å². The summed E-state index contributed by atoms with van der Waals surface area (Å²) in [6.45, 7) is 6.21. The first kappa shape index (κ1) is 11.6. The fraction of sp³-hybridized carbons (Fsp3) is 0.462. The minimum absolute atomic E-state index is 0.641. The molecule has 0 aromatic heterocycles. The molecule has 80 valence electrons. The third kappa shape index (κ3) is 3.63. The summed E-state index contributed by atoms with van der Waals surface area (Å²) in [5.41, 5.74) is 2.54. The highest BCUT2D eigenvalue weighted by Crippen LogP contribution is 2.15. The number of aryl methyl sites for hydroxylation is 1. The standard InChI is InChI=1S/C13H18N2/c1-3-15(10-5-4-9-14)13-8-6-7-12(2)11-13/h6-8,11H,3-5,10H2,1-2H3. The average molecular weight is 202 g/mol. The van der Waals surface area contributed by atoms with Gasteiger partial charge in [0.25, 0.3) is 0 Å². The number of unbranched alkanes of at least 4 members (excludes halogenated alkanes) is 1. The van der Waals surface area contributed by atoms with Crippen LogP contribution in [0, 0.1) is 18.3 Å². The lowest BCUT2D eigenvalue weighted by Gasteiger charge is -2.22. The van der Waals surface area contributed by atoms with E-state index in [0.29, 0.717) is 6.42 Å².